The molecule has 1 atom stereocenters. The van der Waals surface area contributed by atoms with Gasteiger partial charge in [-0.3, -0.25) is 4.79 Å². The van der Waals surface area contributed by atoms with Crippen molar-refractivity contribution in [3.8, 4) is 0 Å². The number of rotatable bonds is 6. The Morgan fingerprint density at radius 1 is 1.06 bits per heavy atom. The van der Waals surface area contributed by atoms with Crippen LogP contribution in [0.2, 0.25) is 0 Å². The number of benzene rings is 2. The molecule has 2 heterocycles. The minimum Gasteiger partial charge on any atom is -0.445 e. The van der Waals surface area contributed by atoms with Gasteiger partial charge in [0.25, 0.3) is 0 Å². The first-order valence-electron chi connectivity index (χ1n) is 11.3. The summed E-state index contributed by atoms with van der Waals surface area (Å²) in [6, 6.07) is 9.96. The van der Waals surface area contributed by atoms with Crippen molar-refractivity contribution < 1.29 is 31.5 Å². The highest BCUT2D eigenvalue weighted by Crippen LogP contribution is 2.28. The standard InChI is InChI=1S/C24H27F2N3O5S/c1-35(32,33)22-14-18(25)21(13-19(22)26)27-20-9-12-29(23(20)30)17-7-10-28(11-8-17)24(31)34-15-16-5-3-2-4-6-16/h2-6,13-14,17,20,27H,7-12,15H2,1H3. The molecule has 0 saturated carbocycles. The van der Waals surface area contributed by atoms with Crippen molar-refractivity contribution in [1.29, 1.82) is 0 Å². The Morgan fingerprint density at radius 3 is 2.40 bits per heavy atom. The monoisotopic (exact) mass is 507 g/mol. The minimum absolute atomic E-state index is 0.0679. The van der Waals surface area contributed by atoms with Crippen LogP contribution in [0.25, 0.3) is 0 Å². The van der Waals surface area contributed by atoms with Gasteiger partial charge in [0.05, 0.1) is 5.69 Å². The van der Waals surface area contributed by atoms with Gasteiger partial charge in [-0.1, -0.05) is 30.3 Å². The molecule has 0 aliphatic carbocycles. The van der Waals surface area contributed by atoms with Crippen LogP contribution >= 0.6 is 0 Å². The highest BCUT2D eigenvalue weighted by atomic mass is 32.2. The van der Waals surface area contributed by atoms with Gasteiger partial charge in [0.1, 0.15) is 29.2 Å². The lowest BCUT2D eigenvalue weighted by molar-refractivity contribution is -0.131. The zero-order valence-electron chi connectivity index (χ0n) is 19.2. The molecular weight excluding hydrogens is 480 g/mol. The van der Waals surface area contributed by atoms with E-state index in [9.17, 15) is 26.8 Å². The van der Waals surface area contributed by atoms with E-state index in [0.29, 0.717) is 45.0 Å². The molecule has 2 fully saturated rings. The molecule has 0 spiro atoms. The number of amides is 2. The molecule has 2 saturated heterocycles. The maximum absolute atomic E-state index is 14.4. The number of halogens is 2. The quantitative estimate of drug-likeness (QED) is 0.645. The fraction of sp³-hybridized carbons (Fsp3) is 0.417. The lowest BCUT2D eigenvalue weighted by atomic mass is 10.0. The summed E-state index contributed by atoms with van der Waals surface area (Å²) in [5.74, 6) is -2.26. The van der Waals surface area contributed by atoms with Crippen LogP contribution < -0.4 is 5.32 Å². The zero-order chi connectivity index (χ0) is 25.2. The van der Waals surface area contributed by atoms with E-state index in [1.165, 1.54) is 0 Å². The number of ether oxygens (including phenoxy) is 1. The second kappa shape index (κ2) is 10.2. The molecule has 2 aromatic carbocycles. The number of carbonyl (C=O) groups is 2. The predicted octanol–water partition coefficient (Wildman–Crippen LogP) is 3.18. The second-order valence-electron chi connectivity index (χ2n) is 8.81. The fourth-order valence-electron chi connectivity index (χ4n) is 4.48. The molecule has 1 N–H and O–H groups in total. The maximum Gasteiger partial charge on any atom is 0.410 e. The molecule has 0 bridgehead atoms. The van der Waals surface area contributed by atoms with E-state index in [0.717, 1.165) is 17.9 Å². The number of carbonyl (C=O) groups excluding carboxylic acids is 2. The Kier molecular flexibility index (Phi) is 7.25. The molecule has 11 heteroatoms. The Hall–Kier alpha value is -3.21. The number of likely N-dealkylation sites (tertiary alicyclic amines) is 2. The van der Waals surface area contributed by atoms with E-state index in [1.54, 1.807) is 9.80 Å². The van der Waals surface area contributed by atoms with Gasteiger partial charge in [-0.05, 0) is 30.9 Å². The Balaban J connectivity index is 1.30. The molecule has 2 aliphatic heterocycles. The molecule has 2 aliphatic rings. The van der Waals surface area contributed by atoms with Gasteiger partial charge in [-0.25, -0.2) is 22.0 Å². The maximum atomic E-state index is 14.4. The summed E-state index contributed by atoms with van der Waals surface area (Å²) < 4.78 is 57.1. The fourth-order valence-corrected chi connectivity index (χ4v) is 5.21. The van der Waals surface area contributed by atoms with Crippen LogP contribution in [0.3, 0.4) is 0 Å². The summed E-state index contributed by atoms with van der Waals surface area (Å²) >= 11 is 0. The third kappa shape index (κ3) is 5.72. The van der Waals surface area contributed by atoms with Crippen LogP contribution in [0.5, 0.6) is 0 Å². The first kappa shape index (κ1) is 24.9. The Bertz CT molecular complexity index is 1200. The molecule has 2 amide bonds. The van der Waals surface area contributed by atoms with Crippen LogP contribution in [0.15, 0.2) is 47.4 Å². The van der Waals surface area contributed by atoms with Crippen molar-refractivity contribution >= 4 is 27.5 Å². The third-order valence-corrected chi connectivity index (χ3v) is 7.47. The van der Waals surface area contributed by atoms with Gasteiger partial charge in [0.2, 0.25) is 5.91 Å². The lowest BCUT2D eigenvalue weighted by Gasteiger charge is -2.36. The SMILES string of the molecule is CS(=O)(=O)c1cc(F)c(NC2CCN(C3CCN(C(=O)OCc4ccccc4)CC3)C2=O)cc1F. The first-order chi connectivity index (χ1) is 16.6. The van der Waals surface area contributed by atoms with Gasteiger partial charge in [0, 0.05) is 38.0 Å². The van der Waals surface area contributed by atoms with Crippen LogP contribution in [0, 0.1) is 11.6 Å². The van der Waals surface area contributed by atoms with E-state index < -0.39 is 38.5 Å². The largest absolute Gasteiger partial charge is 0.445 e. The van der Waals surface area contributed by atoms with Gasteiger partial charge in [-0.2, -0.15) is 0 Å². The van der Waals surface area contributed by atoms with E-state index >= 15 is 0 Å². The average molecular weight is 508 g/mol. The summed E-state index contributed by atoms with van der Waals surface area (Å²) in [5, 5.41) is 2.72. The number of anilines is 1. The number of nitrogens with zero attached hydrogens (tertiary/aromatic N) is 2. The van der Waals surface area contributed by atoms with Crippen molar-refractivity contribution in [2.24, 2.45) is 0 Å². The van der Waals surface area contributed by atoms with Crippen molar-refractivity contribution in [2.75, 3.05) is 31.2 Å². The summed E-state index contributed by atoms with van der Waals surface area (Å²) in [6.45, 7) is 1.55. The van der Waals surface area contributed by atoms with E-state index in [2.05, 4.69) is 5.32 Å². The topological polar surface area (TPSA) is 96.0 Å². The smallest absolute Gasteiger partial charge is 0.410 e. The summed E-state index contributed by atoms with van der Waals surface area (Å²) in [7, 11) is -3.92. The van der Waals surface area contributed by atoms with Crippen LogP contribution in [-0.4, -0.2) is 68.2 Å². The van der Waals surface area contributed by atoms with Gasteiger partial charge in [-0.15, -0.1) is 0 Å². The van der Waals surface area contributed by atoms with Crippen molar-refractivity contribution in [3.63, 3.8) is 0 Å². The number of piperidine rings is 1. The van der Waals surface area contributed by atoms with Crippen molar-refractivity contribution in [2.45, 2.75) is 42.8 Å². The molecule has 2 aromatic rings. The van der Waals surface area contributed by atoms with E-state index in [1.807, 2.05) is 30.3 Å². The molecule has 4 rings (SSSR count). The Labute approximate surface area is 202 Å². The molecular formula is C24H27F2N3O5S. The second-order valence-corrected chi connectivity index (χ2v) is 10.8. The van der Waals surface area contributed by atoms with Crippen LogP contribution in [0.1, 0.15) is 24.8 Å². The zero-order valence-corrected chi connectivity index (χ0v) is 20.1. The Morgan fingerprint density at radius 2 is 1.74 bits per heavy atom. The number of hydrogen-bond donors (Lipinski definition) is 1. The predicted molar refractivity (Wildman–Crippen MR) is 124 cm³/mol. The van der Waals surface area contributed by atoms with Crippen molar-refractivity contribution in [1.82, 2.24) is 9.80 Å². The first-order valence-corrected chi connectivity index (χ1v) is 13.2. The van der Waals surface area contributed by atoms with Gasteiger partial charge in [0.15, 0.2) is 9.84 Å². The minimum atomic E-state index is -3.92. The molecule has 0 radical (unpaired) electrons. The number of sulfone groups is 1. The highest BCUT2D eigenvalue weighted by molar-refractivity contribution is 7.90. The molecule has 35 heavy (non-hydrogen) atoms. The van der Waals surface area contributed by atoms with E-state index in [-0.39, 0.29) is 24.2 Å². The van der Waals surface area contributed by atoms with Crippen LogP contribution in [0.4, 0.5) is 19.3 Å². The highest BCUT2D eigenvalue weighted by Gasteiger charge is 2.38. The molecule has 188 valence electrons. The number of nitrogens with one attached hydrogen (secondary N) is 1. The van der Waals surface area contributed by atoms with Gasteiger partial charge < -0.3 is 19.9 Å². The normalized spacial score (nSPS) is 19.2. The molecule has 0 aromatic heterocycles. The average Bonchev–Trinajstić information content (AvgIpc) is 3.19. The summed E-state index contributed by atoms with van der Waals surface area (Å²) in [6.07, 6.45) is 1.97. The number of hydrogen-bond acceptors (Lipinski definition) is 6. The lowest BCUT2D eigenvalue weighted by Crippen LogP contribution is -2.48. The van der Waals surface area contributed by atoms with Crippen LogP contribution in [-0.2, 0) is 26.0 Å². The molecule has 8 nitrogen and oxygen atoms in total. The van der Waals surface area contributed by atoms with E-state index in [4.69, 9.17) is 4.74 Å². The van der Waals surface area contributed by atoms with Gasteiger partial charge >= 0.3 is 6.09 Å². The summed E-state index contributed by atoms with van der Waals surface area (Å²) in [4.78, 5) is 27.9. The summed E-state index contributed by atoms with van der Waals surface area (Å²) in [5.41, 5.74) is 0.644. The van der Waals surface area contributed by atoms with Crippen molar-refractivity contribution in [3.05, 3.63) is 59.7 Å². The third-order valence-electron chi connectivity index (χ3n) is 6.36. The molecule has 1 unspecified atom stereocenters.